The second kappa shape index (κ2) is 6.10. The number of amides is 2. The Morgan fingerprint density at radius 3 is 2.82 bits per heavy atom. The Bertz CT molecular complexity index is 677. The van der Waals surface area contributed by atoms with Crippen molar-refractivity contribution in [2.75, 3.05) is 11.9 Å². The van der Waals surface area contributed by atoms with Crippen LogP contribution < -0.4 is 10.6 Å². The number of benzene rings is 1. The Kier molecular flexibility index (Phi) is 4.18. The number of aryl methyl sites for hydroxylation is 1. The Labute approximate surface area is 134 Å². The first-order valence-corrected chi connectivity index (χ1v) is 8.35. The third kappa shape index (κ3) is 3.31. The van der Waals surface area contributed by atoms with Gasteiger partial charge in [0.2, 0.25) is 0 Å². The van der Waals surface area contributed by atoms with Gasteiger partial charge in [0, 0.05) is 17.1 Å². The summed E-state index contributed by atoms with van der Waals surface area (Å²) in [5.41, 5.74) is 2.39. The number of hydrogen-bond acceptors (Lipinski definition) is 3. The Balaban J connectivity index is 1.63. The maximum atomic E-state index is 11.9. The predicted molar refractivity (Wildman–Crippen MR) is 90.3 cm³/mol. The average Bonchev–Trinajstić information content (AvgIpc) is 2.89. The summed E-state index contributed by atoms with van der Waals surface area (Å²) in [6.07, 6.45) is 2.56. The molecule has 0 bridgehead atoms. The van der Waals surface area contributed by atoms with E-state index in [1.165, 1.54) is 10.4 Å². The third-order valence-corrected chi connectivity index (χ3v) is 5.17. The largest absolute Gasteiger partial charge is 0.388 e. The second-order valence-electron chi connectivity index (χ2n) is 5.90. The minimum absolute atomic E-state index is 0.277. The molecular formula is C17H20N2O2S. The number of anilines is 1. The van der Waals surface area contributed by atoms with E-state index in [4.69, 9.17) is 0 Å². The molecule has 2 aromatic rings. The number of hydrogen-bond donors (Lipinski definition) is 3. The number of aliphatic hydroxyl groups is 1. The molecule has 0 radical (unpaired) electrons. The lowest BCUT2D eigenvalue weighted by Gasteiger charge is -2.36. The van der Waals surface area contributed by atoms with Gasteiger partial charge in [0.15, 0.2) is 0 Å². The first-order valence-electron chi connectivity index (χ1n) is 7.48. The van der Waals surface area contributed by atoms with Crippen LogP contribution in [0.2, 0.25) is 0 Å². The highest BCUT2D eigenvalue weighted by atomic mass is 32.1. The van der Waals surface area contributed by atoms with Crippen LogP contribution in [-0.4, -0.2) is 23.3 Å². The Hall–Kier alpha value is -1.85. The maximum Gasteiger partial charge on any atom is 0.319 e. The molecule has 22 heavy (non-hydrogen) atoms. The maximum absolute atomic E-state index is 11.9. The highest BCUT2D eigenvalue weighted by Crippen LogP contribution is 2.31. The van der Waals surface area contributed by atoms with Crippen LogP contribution in [0.25, 0.3) is 10.4 Å². The third-order valence-electron chi connectivity index (χ3n) is 4.11. The van der Waals surface area contributed by atoms with Gasteiger partial charge in [-0.25, -0.2) is 4.79 Å². The monoisotopic (exact) mass is 316 g/mol. The summed E-state index contributed by atoms with van der Waals surface area (Å²) in [6, 6.07) is 9.62. The van der Waals surface area contributed by atoms with E-state index in [0.717, 1.165) is 30.5 Å². The number of nitrogens with one attached hydrogen (secondary N) is 2. The van der Waals surface area contributed by atoms with Gasteiger partial charge in [0.05, 0.1) is 5.60 Å². The highest BCUT2D eigenvalue weighted by Gasteiger charge is 2.34. The molecule has 0 spiro atoms. The van der Waals surface area contributed by atoms with Gasteiger partial charge in [0.1, 0.15) is 0 Å². The summed E-state index contributed by atoms with van der Waals surface area (Å²) in [5, 5.41) is 17.6. The molecule has 0 unspecified atom stereocenters. The van der Waals surface area contributed by atoms with Gasteiger partial charge in [-0.3, -0.25) is 0 Å². The van der Waals surface area contributed by atoms with Crippen molar-refractivity contribution >= 4 is 23.1 Å². The van der Waals surface area contributed by atoms with Crippen molar-refractivity contribution < 1.29 is 9.90 Å². The molecule has 1 heterocycles. The van der Waals surface area contributed by atoms with Gasteiger partial charge >= 0.3 is 6.03 Å². The molecule has 116 valence electrons. The number of urea groups is 1. The lowest BCUT2D eigenvalue weighted by molar-refractivity contribution is -0.0287. The van der Waals surface area contributed by atoms with Gasteiger partial charge in [-0.15, -0.1) is 11.3 Å². The van der Waals surface area contributed by atoms with Crippen molar-refractivity contribution in [1.82, 2.24) is 5.32 Å². The van der Waals surface area contributed by atoms with Crippen molar-refractivity contribution in [2.24, 2.45) is 0 Å². The van der Waals surface area contributed by atoms with E-state index in [1.807, 2.05) is 24.3 Å². The van der Waals surface area contributed by atoms with Crippen LogP contribution in [-0.2, 0) is 0 Å². The van der Waals surface area contributed by atoms with E-state index in [-0.39, 0.29) is 6.03 Å². The molecule has 4 nitrogen and oxygen atoms in total. The topological polar surface area (TPSA) is 61.4 Å². The normalized spacial score (nSPS) is 15.9. The summed E-state index contributed by atoms with van der Waals surface area (Å²) in [6.45, 7) is 2.39. The Morgan fingerprint density at radius 1 is 1.36 bits per heavy atom. The van der Waals surface area contributed by atoms with Crippen molar-refractivity contribution in [3.05, 3.63) is 41.3 Å². The number of thiophene rings is 1. The average molecular weight is 316 g/mol. The lowest BCUT2D eigenvalue weighted by atomic mass is 9.80. The molecule has 5 heteroatoms. The number of carbonyl (C=O) groups excluding carboxylic acids is 1. The van der Waals surface area contributed by atoms with Gasteiger partial charge < -0.3 is 15.7 Å². The fourth-order valence-electron chi connectivity index (χ4n) is 2.59. The standard InChI is InChI=1S/C17H20N2O2S/c1-12-6-9-22-15(12)13-4-2-5-14(10-13)19-16(20)18-11-17(21)7-3-8-17/h2,4-6,9-10,21H,3,7-8,11H2,1H3,(H2,18,19,20). The number of carbonyl (C=O) groups is 1. The van der Waals surface area contributed by atoms with E-state index in [2.05, 4.69) is 29.0 Å². The van der Waals surface area contributed by atoms with E-state index in [0.29, 0.717) is 6.54 Å². The predicted octanol–water partition coefficient (Wildman–Crippen LogP) is 3.76. The van der Waals surface area contributed by atoms with Crippen LogP contribution in [0.4, 0.5) is 10.5 Å². The summed E-state index contributed by atoms with van der Waals surface area (Å²) in [4.78, 5) is 13.1. The lowest BCUT2D eigenvalue weighted by Crippen LogP contribution is -2.48. The molecule has 0 aliphatic heterocycles. The van der Waals surface area contributed by atoms with E-state index in [9.17, 15) is 9.90 Å². The van der Waals surface area contributed by atoms with E-state index in [1.54, 1.807) is 11.3 Å². The van der Waals surface area contributed by atoms with Gasteiger partial charge in [-0.2, -0.15) is 0 Å². The molecule has 1 aliphatic rings. The molecule has 1 saturated carbocycles. The zero-order valence-electron chi connectivity index (χ0n) is 12.6. The van der Waals surface area contributed by atoms with Crippen molar-refractivity contribution in [2.45, 2.75) is 31.8 Å². The van der Waals surface area contributed by atoms with Crippen LogP contribution in [0.5, 0.6) is 0 Å². The van der Waals surface area contributed by atoms with Crippen LogP contribution in [0, 0.1) is 6.92 Å². The zero-order valence-corrected chi connectivity index (χ0v) is 13.4. The van der Waals surface area contributed by atoms with Crippen LogP contribution >= 0.6 is 11.3 Å². The van der Waals surface area contributed by atoms with Crippen LogP contribution in [0.3, 0.4) is 0 Å². The van der Waals surface area contributed by atoms with Crippen molar-refractivity contribution in [3.63, 3.8) is 0 Å². The minimum atomic E-state index is -0.701. The SMILES string of the molecule is Cc1ccsc1-c1cccc(NC(=O)NCC2(O)CCC2)c1. The first-order chi connectivity index (χ1) is 10.6. The van der Waals surface area contributed by atoms with Gasteiger partial charge in [-0.05, 0) is 60.9 Å². The van der Waals surface area contributed by atoms with Gasteiger partial charge in [-0.1, -0.05) is 12.1 Å². The van der Waals surface area contributed by atoms with Crippen molar-refractivity contribution in [1.29, 1.82) is 0 Å². The van der Waals surface area contributed by atoms with Crippen LogP contribution in [0.1, 0.15) is 24.8 Å². The first kappa shape index (κ1) is 15.1. The molecule has 1 aromatic carbocycles. The minimum Gasteiger partial charge on any atom is -0.388 e. The van der Waals surface area contributed by atoms with Gasteiger partial charge in [0.25, 0.3) is 0 Å². The summed E-state index contributed by atoms with van der Waals surface area (Å²) in [7, 11) is 0. The fraction of sp³-hybridized carbons (Fsp3) is 0.353. The smallest absolute Gasteiger partial charge is 0.319 e. The zero-order chi connectivity index (χ0) is 15.6. The number of rotatable bonds is 4. The van der Waals surface area contributed by atoms with Crippen LogP contribution in [0.15, 0.2) is 35.7 Å². The highest BCUT2D eigenvalue weighted by molar-refractivity contribution is 7.13. The van der Waals surface area contributed by atoms with Crippen molar-refractivity contribution in [3.8, 4) is 10.4 Å². The molecular weight excluding hydrogens is 296 g/mol. The molecule has 1 fully saturated rings. The molecule has 0 saturated heterocycles. The molecule has 0 atom stereocenters. The summed E-state index contributed by atoms with van der Waals surface area (Å²) >= 11 is 1.69. The molecule has 2 amide bonds. The summed E-state index contributed by atoms with van der Waals surface area (Å²) in [5.74, 6) is 0. The molecule has 1 aromatic heterocycles. The molecule has 3 rings (SSSR count). The van der Waals surface area contributed by atoms with E-state index < -0.39 is 5.60 Å². The quantitative estimate of drug-likeness (QED) is 0.804. The fourth-order valence-corrected chi connectivity index (χ4v) is 3.51. The molecule has 3 N–H and O–H groups in total. The molecule has 1 aliphatic carbocycles. The Morgan fingerprint density at radius 2 is 2.18 bits per heavy atom. The second-order valence-corrected chi connectivity index (χ2v) is 6.82. The van der Waals surface area contributed by atoms with E-state index >= 15 is 0 Å². The summed E-state index contributed by atoms with van der Waals surface area (Å²) < 4.78 is 0.